The molecule has 0 N–H and O–H groups in total. The highest BCUT2D eigenvalue weighted by atomic mass is 35.5. The van der Waals surface area contributed by atoms with Crippen LogP contribution in [0.15, 0.2) is 18.2 Å². The zero-order valence-electron chi connectivity index (χ0n) is 11.4. The van der Waals surface area contributed by atoms with Gasteiger partial charge in [0, 0.05) is 18.1 Å². The van der Waals surface area contributed by atoms with E-state index in [0.717, 1.165) is 29.5 Å². The van der Waals surface area contributed by atoms with Gasteiger partial charge in [-0.05, 0) is 51.1 Å². The van der Waals surface area contributed by atoms with E-state index in [9.17, 15) is 0 Å². The number of rotatable bonds is 3. The Hall–Kier alpha value is -1.06. The first kappa shape index (κ1) is 12.9. The number of hydrogen-bond acceptors (Lipinski definition) is 2. The lowest BCUT2D eigenvalue weighted by atomic mass is 10.1. The van der Waals surface area contributed by atoms with Gasteiger partial charge in [-0.15, -0.1) is 0 Å². The van der Waals surface area contributed by atoms with Gasteiger partial charge in [0.15, 0.2) is 0 Å². The summed E-state index contributed by atoms with van der Waals surface area (Å²) in [5, 5.41) is 0.758. The Morgan fingerprint density at radius 2 is 1.95 bits per heavy atom. The molecule has 0 amide bonds. The molecule has 0 bridgehead atoms. The molecule has 2 aromatic rings. The van der Waals surface area contributed by atoms with Gasteiger partial charge in [-0.25, -0.2) is 4.98 Å². The maximum Gasteiger partial charge on any atom is 0.106 e. The number of aryl methyl sites for hydroxylation is 1. The van der Waals surface area contributed by atoms with Crippen molar-refractivity contribution in [3.05, 3.63) is 29.0 Å². The molecule has 0 atom stereocenters. The van der Waals surface area contributed by atoms with E-state index >= 15 is 0 Å². The van der Waals surface area contributed by atoms with Gasteiger partial charge < -0.3 is 9.47 Å². The van der Waals surface area contributed by atoms with Crippen LogP contribution in [0, 0.1) is 6.92 Å². The van der Waals surface area contributed by atoms with E-state index in [1.807, 2.05) is 12.1 Å². The molecule has 19 heavy (non-hydrogen) atoms. The monoisotopic (exact) mass is 277 g/mol. The van der Waals surface area contributed by atoms with Crippen molar-refractivity contribution in [2.45, 2.75) is 32.7 Å². The van der Waals surface area contributed by atoms with E-state index in [1.54, 1.807) is 0 Å². The summed E-state index contributed by atoms with van der Waals surface area (Å²) in [4.78, 5) is 7.16. The van der Waals surface area contributed by atoms with Crippen molar-refractivity contribution < 1.29 is 0 Å². The number of piperidine rings is 1. The topological polar surface area (TPSA) is 21.1 Å². The minimum Gasteiger partial charge on any atom is -0.327 e. The van der Waals surface area contributed by atoms with Crippen LogP contribution in [0.1, 0.15) is 25.1 Å². The highest BCUT2D eigenvalue weighted by molar-refractivity contribution is 6.31. The number of imidazole rings is 1. The number of benzene rings is 1. The van der Waals surface area contributed by atoms with Crippen LogP contribution >= 0.6 is 11.6 Å². The lowest BCUT2D eigenvalue weighted by molar-refractivity contribution is 0.221. The molecule has 1 fully saturated rings. The van der Waals surface area contributed by atoms with E-state index < -0.39 is 0 Å². The molecule has 1 aromatic carbocycles. The quantitative estimate of drug-likeness (QED) is 0.856. The van der Waals surface area contributed by atoms with Crippen LogP contribution in [0.3, 0.4) is 0 Å². The van der Waals surface area contributed by atoms with Crippen molar-refractivity contribution in [3.8, 4) is 0 Å². The molecule has 1 aromatic heterocycles. The maximum absolute atomic E-state index is 6.02. The second kappa shape index (κ2) is 5.51. The first-order valence-corrected chi connectivity index (χ1v) is 7.46. The van der Waals surface area contributed by atoms with Crippen LogP contribution < -0.4 is 0 Å². The lowest BCUT2D eigenvalue weighted by Gasteiger charge is -2.26. The molecule has 102 valence electrons. The third kappa shape index (κ3) is 2.77. The second-order valence-corrected chi connectivity index (χ2v) is 5.78. The number of aromatic nitrogens is 2. The molecule has 3 nitrogen and oxygen atoms in total. The molecule has 1 aliphatic rings. The average molecular weight is 278 g/mol. The van der Waals surface area contributed by atoms with Crippen LogP contribution in [-0.2, 0) is 6.54 Å². The fourth-order valence-electron chi connectivity index (χ4n) is 2.93. The first-order chi connectivity index (χ1) is 9.24. The molecule has 1 saturated heterocycles. The van der Waals surface area contributed by atoms with Gasteiger partial charge in [-0.1, -0.05) is 18.0 Å². The molecule has 0 spiro atoms. The van der Waals surface area contributed by atoms with Crippen LogP contribution in [-0.4, -0.2) is 34.1 Å². The summed E-state index contributed by atoms with van der Waals surface area (Å²) in [6.07, 6.45) is 4.08. The van der Waals surface area contributed by atoms with Crippen molar-refractivity contribution in [1.82, 2.24) is 14.5 Å². The minimum atomic E-state index is 0.758. The third-order valence-electron chi connectivity index (χ3n) is 3.99. The molecule has 1 aliphatic heterocycles. The minimum absolute atomic E-state index is 0.758. The van der Waals surface area contributed by atoms with E-state index in [2.05, 4.69) is 27.4 Å². The second-order valence-electron chi connectivity index (χ2n) is 5.35. The Kier molecular flexibility index (Phi) is 3.76. The summed E-state index contributed by atoms with van der Waals surface area (Å²) in [6.45, 7) is 6.71. The average Bonchev–Trinajstić information content (AvgIpc) is 2.72. The molecule has 0 radical (unpaired) electrons. The number of nitrogens with zero attached hydrogens (tertiary/aromatic N) is 3. The van der Waals surface area contributed by atoms with E-state index in [1.165, 1.54) is 37.9 Å². The first-order valence-electron chi connectivity index (χ1n) is 7.09. The predicted molar refractivity (Wildman–Crippen MR) is 79.8 cm³/mol. The molecule has 0 unspecified atom stereocenters. The van der Waals surface area contributed by atoms with Crippen molar-refractivity contribution >= 4 is 22.6 Å². The summed E-state index contributed by atoms with van der Waals surface area (Å²) in [5.41, 5.74) is 2.20. The molecule has 4 heteroatoms. The Morgan fingerprint density at radius 1 is 1.16 bits per heavy atom. The smallest absolute Gasteiger partial charge is 0.106 e. The lowest BCUT2D eigenvalue weighted by Crippen LogP contribution is -2.32. The highest BCUT2D eigenvalue weighted by Crippen LogP contribution is 2.20. The Labute approximate surface area is 119 Å². The van der Waals surface area contributed by atoms with Gasteiger partial charge >= 0.3 is 0 Å². The third-order valence-corrected chi connectivity index (χ3v) is 4.22. The SMILES string of the molecule is Cc1nc2cc(Cl)ccc2n1CCN1CCCCC1. The van der Waals surface area contributed by atoms with Crippen molar-refractivity contribution in [2.24, 2.45) is 0 Å². The van der Waals surface area contributed by atoms with Crippen LogP contribution in [0.2, 0.25) is 5.02 Å². The zero-order chi connectivity index (χ0) is 13.2. The summed E-state index contributed by atoms with van der Waals surface area (Å²) >= 11 is 6.02. The van der Waals surface area contributed by atoms with E-state index in [-0.39, 0.29) is 0 Å². The summed E-state index contributed by atoms with van der Waals surface area (Å²) < 4.78 is 2.31. The largest absolute Gasteiger partial charge is 0.327 e. The summed E-state index contributed by atoms with van der Waals surface area (Å²) in [5.74, 6) is 1.08. The number of halogens is 1. The predicted octanol–water partition coefficient (Wildman–Crippen LogP) is 3.48. The van der Waals surface area contributed by atoms with Crippen molar-refractivity contribution in [3.63, 3.8) is 0 Å². The normalized spacial score (nSPS) is 17.2. The number of fused-ring (bicyclic) bond motifs is 1. The molecule has 3 rings (SSSR count). The van der Waals surface area contributed by atoms with Gasteiger partial charge in [-0.3, -0.25) is 0 Å². The molecular formula is C15H20ClN3. The zero-order valence-corrected chi connectivity index (χ0v) is 12.2. The van der Waals surface area contributed by atoms with E-state index in [0.29, 0.717) is 0 Å². The van der Waals surface area contributed by atoms with E-state index in [4.69, 9.17) is 11.6 Å². The van der Waals surface area contributed by atoms with Crippen molar-refractivity contribution in [2.75, 3.05) is 19.6 Å². The highest BCUT2D eigenvalue weighted by Gasteiger charge is 2.12. The fraction of sp³-hybridized carbons (Fsp3) is 0.533. The summed E-state index contributed by atoms with van der Waals surface area (Å²) in [7, 11) is 0. The van der Waals surface area contributed by atoms with Gasteiger partial charge in [0.2, 0.25) is 0 Å². The van der Waals surface area contributed by atoms with Crippen LogP contribution in [0.5, 0.6) is 0 Å². The standard InChI is InChI=1S/C15H20ClN3/c1-12-17-14-11-13(16)5-6-15(14)19(12)10-9-18-7-3-2-4-8-18/h5-6,11H,2-4,7-10H2,1H3. The summed E-state index contributed by atoms with van der Waals surface area (Å²) in [6, 6.07) is 5.97. The number of hydrogen-bond donors (Lipinski definition) is 0. The number of likely N-dealkylation sites (tertiary alicyclic amines) is 1. The molecule has 0 saturated carbocycles. The van der Waals surface area contributed by atoms with Gasteiger partial charge in [0.1, 0.15) is 5.82 Å². The molecule has 0 aliphatic carbocycles. The van der Waals surface area contributed by atoms with Gasteiger partial charge in [-0.2, -0.15) is 0 Å². The Morgan fingerprint density at radius 3 is 2.74 bits per heavy atom. The Bertz CT molecular complexity index is 570. The van der Waals surface area contributed by atoms with Gasteiger partial charge in [0.05, 0.1) is 11.0 Å². The fourth-order valence-corrected chi connectivity index (χ4v) is 3.10. The van der Waals surface area contributed by atoms with Crippen LogP contribution in [0.4, 0.5) is 0 Å². The van der Waals surface area contributed by atoms with Crippen molar-refractivity contribution in [1.29, 1.82) is 0 Å². The molecule has 2 heterocycles. The van der Waals surface area contributed by atoms with Crippen LogP contribution in [0.25, 0.3) is 11.0 Å². The van der Waals surface area contributed by atoms with Gasteiger partial charge in [0.25, 0.3) is 0 Å². The maximum atomic E-state index is 6.02. The Balaban J connectivity index is 1.78. The molecular weight excluding hydrogens is 258 g/mol.